The molecule has 0 saturated heterocycles. The maximum Gasteiger partial charge on any atom is 0.338 e. The van der Waals surface area contributed by atoms with Gasteiger partial charge in [-0.2, -0.15) is 0 Å². The molecule has 0 radical (unpaired) electrons. The van der Waals surface area contributed by atoms with Crippen LogP contribution in [0.15, 0.2) is 41.0 Å². The van der Waals surface area contributed by atoms with E-state index in [1.807, 2.05) is 20.8 Å². The number of amides is 3. The van der Waals surface area contributed by atoms with Crippen LogP contribution in [0, 0.1) is 0 Å². The van der Waals surface area contributed by atoms with Crippen molar-refractivity contribution in [1.82, 2.24) is 10.2 Å². The molecular formula is C21H22N2O6. The van der Waals surface area contributed by atoms with Crippen LogP contribution in [0.3, 0.4) is 0 Å². The topological polar surface area (TPSA) is 106 Å². The van der Waals surface area contributed by atoms with Gasteiger partial charge in [0, 0.05) is 5.54 Å². The van der Waals surface area contributed by atoms with E-state index in [-0.39, 0.29) is 23.2 Å². The summed E-state index contributed by atoms with van der Waals surface area (Å²) in [6.07, 6.45) is 0.446. The molecule has 3 rings (SSSR count). The number of esters is 1. The first-order chi connectivity index (χ1) is 13.6. The van der Waals surface area contributed by atoms with Crippen molar-refractivity contribution in [2.75, 3.05) is 0 Å². The van der Waals surface area contributed by atoms with Crippen molar-refractivity contribution in [3.63, 3.8) is 0 Å². The summed E-state index contributed by atoms with van der Waals surface area (Å²) in [5.41, 5.74) is -0.0603. The van der Waals surface area contributed by atoms with Crippen LogP contribution in [-0.4, -0.2) is 40.2 Å². The molecule has 152 valence electrons. The van der Waals surface area contributed by atoms with Crippen molar-refractivity contribution >= 4 is 23.7 Å². The zero-order valence-electron chi connectivity index (χ0n) is 16.6. The quantitative estimate of drug-likeness (QED) is 0.613. The van der Waals surface area contributed by atoms with Crippen LogP contribution in [0.1, 0.15) is 64.5 Å². The molecule has 0 fully saturated rings. The predicted octanol–water partition coefficient (Wildman–Crippen LogP) is 2.54. The van der Waals surface area contributed by atoms with E-state index in [1.165, 1.54) is 31.4 Å². The number of benzene rings is 1. The highest BCUT2D eigenvalue weighted by Crippen LogP contribution is 2.26. The highest BCUT2D eigenvalue weighted by molar-refractivity contribution is 6.21. The van der Waals surface area contributed by atoms with E-state index in [0.29, 0.717) is 5.76 Å². The van der Waals surface area contributed by atoms with Crippen molar-refractivity contribution in [3.8, 4) is 0 Å². The minimum atomic E-state index is -1.01. The number of ether oxygens (including phenoxy) is 1. The largest absolute Gasteiger partial charge is 0.467 e. The summed E-state index contributed by atoms with van der Waals surface area (Å²) in [7, 11) is 0. The summed E-state index contributed by atoms with van der Waals surface area (Å²) < 4.78 is 10.4. The van der Waals surface area contributed by atoms with E-state index in [2.05, 4.69) is 5.32 Å². The molecule has 0 aliphatic carbocycles. The zero-order chi connectivity index (χ0) is 21.3. The number of hydrogen-bond acceptors (Lipinski definition) is 6. The van der Waals surface area contributed by atoms with Crippen LogP contribution in [0.4, 0.5) is 0 Å². The molecule has 1 aromatic carbocycles. The molecule has 0 bridgehead atoms. The van der Waals surface area contributed by atoms with Crippen LogP contribution in [-0.2, 0) is 16.1 Å². The predicted molar refractivity (Wildman–Crippen MR) is 102 cm³/mol. The lowest BCUT2D eigenvalue weighted by Crippen LogP contribution is -2.46. The van der Waals surface area contributed by atoms with Crippen LogP contribution >= 0.6 is 0 Å². The van der Waals surface area contributed by atoms with Gasteiger partial charge in [0.1, 0.15) is 5.76 Å². The van der Waals surface area contributed by atoms with Gasteiger partial charge in [-0.15, -0.1) is 0 Å². The molecule has 2 aromatic rings. The summed E-state index contributed by atoms with van der Waals surface area (Å²) in [5, 5.41) is 2.73. The summed E-state index contributed by atoms with van der Waals surface area (Å²) in [5.74, 6) is -1.69. The molecule has 0 spiro atoms. The van der Waals surface area contributed by atoms with Gasteiger partial charge in [-0.1, -0.05) is 0 Å². The Morgan fingerprint density at radius 1 is 1.14 bits per heavy atom. The Hall–Kier alpha value is -3.42. The molecule has 1 atom stereocenters. The number of hydrogen-bond donors (Lipinski definition) is 1. The van der Waals surface area contributed by atoms with Gasteiger partial charge in [0.15, 0.2) is 6.10 Å². The lowest BCUT2D eigenvalue weighted by molar-refractivity contribution is -0.130. The molecule has 1 aliphatic heterocycles. The van der Waals surface area contributed by atoms with Gasteiger partial charge < -0.3 is 14.5 Å². The number of fused-ring (bicyclic) bond motifs is 1. The summed E-state index contributed by atoms with van der Waals surface area (Å²) in [4.78, 5) is 50.7. The third-order valence-corrected chi connectivity index (χ3v) is 4.25. The third kappa shape index (κ3) is 4.37. The maximum absolute atomic E-state index is 12.6. The van der Waals surface area contributed by atoms with E-state index in [1.54, 1.807) is 12.1 Å². The average molecular weight is 398 g/mol. The normalized spacial score (nSPS) is 14.6. The van der Waals surface area contributed by atoms with Gasteiger partial charge in [-0.05, 0) is 58.0 Å². The third-order valence-electron chi connectivity index (χ3n) is 4.25. The Morgan fingerprint density at radius 2 is 1.83 bits per heavy atom. The molecule has 0 unspecified atom stereocenters. The monoisotopic (exact) mass is 398 g/mol. The smallest absolute Gasteiger partial charge is 0.338 e. The summed E-state index contributed by atoms with van der Waals surface area (Å²) in [6.45, 7) is 6.92. The molecule has 1 N–H and O–H groups in total. The molecule has 1 aliphatic rings. The second kappa shape index (κ2) is 7.54. The number of imide groups is 1. The molecule has 8 nitrogen and oxygen atoms in total. The Balaban J connectivity index is 1.74. The molecule has 29 heavy (non-hydrogen) atoms. The number of rotatable bonds is 5. The van der Waals surface area contributed by atoms with Crippen molar-refractivity contribution in [1.29, 1.82) is 0 Å². The lowest BCUT2D eigenvalue weighted by Gasteiger charge is -2.23. The maximum atomic E-state index is 12.6. The minimum Gasteiger partial charge on any atom is -0.467 e. The first-order valence-electron chi connectivity index (χ1n) is 9.12. The standard InChI is InChI=1S/C21H22N2O6/c1-12(17(24)22-21(2,3)4)29-20(27)13-7-8-15-16(10-13)19(26)23(18(15)25)11-14-6-5-9-28-14/h5-10,12H,11H2,1-4H3,(H,22,24)/t12-/m1/s1. The molecule has 0 saturated carbocycles. The fourth-order valence-electron chi connectivity index (χ4n) is 2.87. The number of nitrogens with one attached hydrogen (secondary N) is 1. The summed E-state index contributed by atoms with van der Waals surface area (Å²) >= 11 is 0. The number of nitrogens with zero attached hydrogens (tertiary/aromatic N) is 1. The van der Waals surface area contributed by atoms with Gasteiger partial charge in [-0.3, -0.25) is 19.3 Å². The second-order valence-electron chi connectivity index (χ2n) is 7.82. The van der Waals surface area contributed by atoms with Crippen molar-refractivity contribution in [2.45, 2.75) is 45.9 Å². The van der Waals surface area contributed by atoms with Crippen LogP contribution < -0.4 is 5.32 Å². The lowest BCUT2D eigenvalue weighted by atomic mass is 10.1. The number of carbonyl (C=O) groups is 4. The first-order valence-corrected chi connectivity index (χ1v) is 9.12. The summed E-state index contributed by atoms with van der Waals surface area (Å²) in [6, 6.07) is 7.45. The number of carbonyl (C=O) groups excluding carboxylic acids is 4. The SMILES string of the molecule is C[C@@H](OC(=O)c1ccc2c(c1)C(=O)N(Cc1ccco1)C2=O)C(=O)NC(C)(C)C. The van der Waals surface area contributed by atoms with E-state index < -0.39 is 35.3 Å². The second-order valence-corrected chi connectivity index (χ2v) is 7.82. The van der Waals surface area contributed by atoms with Crippen LogP contribution in [0.25, 0.3) is 0 Å². The van der Waals surface area contributed by atoms with E-state index in [4.69, 9.17) is 9.15 Å². The Labute approximate surface area is 167 Å². The molecular weight excluding hydrogens is 376 g/mol. The molecule has 3 amide bonds. The van der Waals surface area contributed by atoms with Gasteiger partial charge in [0.25, 0.3) is 17.7 Å². The molecule has 1 aromatic heterocycles. The van der Waals surface area contributed by atoms with E-state index >= 15 is 0 Å². The Kier molecular flexibility index (Phi) is 5.28. The first kappa shape index (κ1) is 20.3. The van der Waals surface area contributed by atoms with Crippen LogP contribution in [0.5, 0.6) is 0 Å². The number of furan rings is 1. The van der Waals surface area contributed by atoms with Crippen molar-refractivity contribution in [3.05, 3.63) is 59.0 Å². The zero-order valence-corrected chi connectivity index (χ0v) is 16.6. The minimum absolute atomic E-state index is 0.00311. The van der Waals surface area contributed by atoms with Gasteiger partial charge >= 0.3 is 5.97 Å². The van der Waals surface area contributed by atoms with Gasteiger partial charge in [0.2, 0.25) is 0 Å². The molecule has 8 heteroatoms. The fraction of sp³-hybridized carbons (Fsp3) is 0.333. The van der Waals surface area contributed by atoms with Crippen molar-refractivity contribution in [2.24, 2.45) is 0 Å². The van der Waals surface area contributed by atoms with Gasteiger partial charge in [0.05, 0.1) is 29.5 Å². The fourth-order valence-corrected chi connectivity index (χ4v) is 2.87. The van der Waals surface area contributed by atoms with Crippen molar-refractivity contribution < 1.29 is 28.3 Å². The average Bonchev–Trinajstić information content (AvgIpc) is 3.23. The molecule has 2 heterocycles. The van der Waals surface area contributed by atoms with Crippen LogP contribution in [0.2, 0.25) is 0 Å². The highest BCUT2D eigenvalue weighted by Gasteiger charge is 2.36. The Morgan fingerprint density at radius 3 is 2.45 bits per heavy atom. The highest BCUT2D eigenvalue weighted by atomic mass is 16.5. The Bertz CT molecular complexity index is 972. The van der Waals surface area contributed by atoms with E-state index in [9.17, 15) is 19.2 Å². The van der Waals surface area contributed by atoms with E-state index in [0.717, 1.165) is 4.90 Å². The van der Waals surface area contributed by atoms with Gasteiger partial charge in [-0.25, -0.2) is 4.79 Å².